The zero-order valence-electron chi connectivity index (χ0n) is 20.5. The zero-order chi connectivity index (χ0) is 27.2. The molecule has 3 aromatic carbocycles. The SMILES string of the molecule is CCOc1cc(/C=C2\SC(=O)N(CC(=O)Nc3ccc(I)cc3)C2=O)ccc1OC(=O)c1ccc(C)cc1. The average molecular weight is 642 g/mol. The van der Waals surface area contributed by atoms with E-state index in [4.69, 9.17) is 9.47 Å². The van der Waals surface area contributed by atoms with Crippen LogP contribution in [0.15, 0.2) is 71.6 Å². The van der Waals surface area contributed by atoms with Gasteiger partial charge in [-0.05, 0) is 108 Å². The van der Waals surface area contributed by atoms with Gasteiger partial charge in [0.05, 0.1) is 17.1 Å². The fourth-order valence-electron chi connectivity index (χ4n) is 3.48. The number of nitrogens with zero attached hydrogens (tertiary/aromatic N) is 1. The molecule has 10 heteroatoms. The number of thioether (sulfide) groups is 1. The number of carbonyl (C=O) groups is 4. The van der Waals surface area contributed by atoms with Crippen molar-refractivity contribution >= 4 is 69.1 Å². The Balaban J connectivity index is 1.47. The summed E-state index contributed by atoms with van der Waals surface area (Å²) in [5.41, 5.74) is 2.57. The average Bonchev–Trinajstić information content (AvgIpc) is 3.14. The minimum Gasteiger partial charge on any atom is -0.490 e. The fraction of sp³-hybridized carbons (Fsp3) is 0.143. The number of halogens is 1. The first kappa shape index (κ1) is 27.4. The Labute approximate surface area is 237 Å². The van der Waals surface area contributed by atoms with Gasteiger partial charge in [0.1, 0.15) is 6.54 Å². The minimum atomic E-state index is -0.564. The molecule has 1 aliphatic rings. The second-order valence-electron chi connectivity index (χ2n) is 8.22. The van der Waals surface area contributed by atoms with Crippen LogP contribution in [0.1, 0.15) is 28.4 Å². The van der Waals surface area contributed by atoms with Crippen LogP contribution in [-0.4, -0.2) is 41.1 Å². The normalized spacial score (nSPS) is 14.1. The Kier molecular flexibility index (Phi) is 8.85. The number of hydrogen-bond acceptors (Lipinski definition) is 7. The van der Waals surface area contributed by atoms with Gasteiger partial charge in [-0.3, -0.25) is 19.3 Å². The summed E-state index contributed by atoms with van der Waals surface area (Å²) in [6.45, 7) is 3.65. The van der Waals surface area contributed by atoms with E-state index in [1.165, 1.54) is 6.08 Å². The Hall–Kier alpha value is -3.64. The molecule has 3 aromatic rings. The van der Waals surface area contributed by atoms with Crippen LogP contribution in [0.3, 0.4) is 0 Å². The number of rotatable bonds is 8. The maximum Gasteiger partial charge on any atom is 0.343 e. The molecule has 1 fully saturated rings. The first-order chi connectivity index (χ1) is 18.2. The highest BCUT2D eigenvalue weighted by Gasteiger charge is 2.36. The van der Waals surface area contributed by atoms with E-state index in [9.17, 15) is 19.2 Å². The number of benzene rings is 3. The Morgan fingerprint density at radius 1 is 1.00 bits per heavy atom. The third-order valence-electron chi connectivity index (χ3n) is 5.36. The van der Waals surface area contributed by atoms with Crippen molar-refractivity contribution < 1.29 is 28.7 Å². The summed E-state index contributed by atoms with van der Waals surface area (Å²) < 4.78 is 12.2. The number of carbonyl (C=O) groups excluding carboxylic acids is 4. The lowest BCUT2D eigenvalue weighted by atomic mass is 10.1. The first-order valence-corrected chi connectivity index (χ1v) is 13.5. The van der Waals surface area contributed by atoms with Crippen LogP contribution in [-0.2, 0) is 9.59 Å². The first-order valence-electron chi connectivity index (χ1n) is 11.6. The van der Waals surface area contributed by atoms with Gasteiger partial charge in [0.15, 0.2) is 11.5 Å². The van der Waals surface area contributed by atoms with Crippen LogP contribution < -0.4 is 14.8 Å². The molecular formula is C28H23IN2O6S. The minimum absolute atomic E-state index is 0.170. The lowest BCUT2D eigenvalue weighted by Crippen LogP contribution is -2.36. The second kappa shape index (κ2) is 12.3. The molecule has 38 heavy (non-hydrogen) atoms. The molecule has 0 aliphatic carbocycles. The molecule has 1 heterocycles. The van der Waals surface area contributed by atoms with Crippen molar-refractivity contribution in [1.82, 2.24) is 4.90 Å². The molecule has 0 bridgehead atoms. The Bertz CT molecular complexity index is 1420. The highest BCUT2D eigenvalue weighted by Crippen LogP contribution is 2.35. The summed E-state index contributed by atoms with van der Waals surface area (Å²) in [5, 5.41) is 2.15. The van der Waals surface area contributed by atoms with Crippen LogP contribution >= 0.6 is 34.4 Å². The van der Waals surface area contributed by atoms with E-state index in [2.05, 4.69) is 27.9 Å². The molecule has 4 rings (SSSR count). The number of amides is 3. The third kappa shape index (κ3) is 6.81. The van der Waals surface area contributed by atoms with E-state index in [0.717, 1.165) is 25.8 Å². The van der Waals surface area contributed by atoms with Gasteiger partial charge in [-0.1, -0.05) is 23.8 Å². The molecule has 3 amide bonds. The van der Waals surface area contributed by atoms with Crippen LogP contribution in [0, 0.1) is 10.5 Å². The van der Waals surface area contributed by atoms with Gasteiger partial charge in [-0.2, -0.15) is 0 Å². The third-order valence-corrected chi connectivity index (χ3v) is 6.99. The molecule has 1 saturated heterocycles. The van der Waals surface area contributed by atoms with Crippen molar-refractivity contribution in [2.45, 2.75) is 13.8 Å². The largest absolute Gasteiger partial charge is 0.490 e. The molecule has 0 radical (unpaired) electrons. The van der Waals surface area contributed by atoms with Crippen molar-refractivity contribution in [3.63, 3.8) is 0 Å². The van der Waals surface area contributed by atoms with Gasteiger partial charge >= 0.3 is 5.97 Å². The molecule has 0 unspecified atom stereocenters. The van der Waals surface area contributed by atoms with E-state index in [-0.39, 0.29) is 10.7 Å². The fourth-order valence-corrected chi connectivity index (χ4v) is 4.68. The number of aryl methyl sites for hydroxylation is 1. The number of esters is 1. The van der Waals surface area contributed by atoms with Gasteiger partial charge in [-0.15, -0.1) is 0 Å². The van der Waals surface area contributed by atoms with Crippen molar-refractivity contribution in [2.24, 2.45) is 0 Å². The zero-order valence-corrected chi connectivity index (χ0v) is 23.5. The van der Waals surface area contributed by atoms with E-state index >= 15 is 0 Å². The van der Waals surface area contributed by atoms with Gasteiger partial charge in [0.2, 0.25) is 5.91 Å². The molecule has 0 saturated carbocycles. The predicted octanol–water partition coefficient (Wildman–Crippen LogP) is 5.89. The standard InChI is InChI=1S/C28H23IN2O6S/c1-3-36-23-14-18(6-13-22(23)37-27(34)19-7-4-17(2)5-8-19)15-24-26(33)31(28(35)38-24)16-25(32)30-21-11-9-20(29)10-12-21/h4-15H,3,16H2,1-2H3,(H,30,32)/b24-15-. The van der Waals surface area contributed by atoms with Gasteiger partial charge in [0, 0.05) is 9.26 Å². The van der Waals surface area contributed by atoms with Gasteiger partial charge in [-0.25, -0.2) is 4.79 Å². The van der Waals surface area contributed by atoms with Crippen molar-refractivity contribution in [3.8, 4) is 11.5 Å². The molecule has 0 aromatic heterocycles. The van der Waals surface area contributed by atoms with E-state index in [1.807, 2.05) is 31.2 Å². The molecule has 0 atom stereocenters. The van der Waals surface area contributed by atoms with Crippen molar-refractivity contribution in [1.29, 1.82) is 0 Å². The van der Waals surface area contributed by atoms with Gasteiger partial charge < -0.3 is 14.8 Å². The molecule has 1 aliphatic heterocycles. The Morgan fingerprint density at radius 2 is 1.71 bits per heavy atom. The number of imide groups is 1. The summed E-state index contributed by atoms with van der Waals surface area (Å²) in [7, 11) is 0. The van der Waals surface area contributed by atoms with Gasteiger partial charge in [0.25, 0.3) is 11.1 Å². The lowest BCUT2D eigenvalue weighted by molar-refractivity contribution is -0.127. The topological polar surface area (TPSA) is 102 Å². The maximum absolute atomic E-state index is 12.9. The second-order valence-corrected chi connectivity index (χ2v) is 10.5. The smallest absolute Gasteiger partial charge is 0.343 e. The Morgan fingerprint density at radius 3 is 2.39 bits per heavy atom. The molecule has 194 valence electrons. The lowest BCUT2D eigenvalue weighted by Gasteiger charge is -2.13. The highest BCUT2D eigenvalue weighted by atomic mass is 127. The summed E-state index contributed by atoms with van der Waals surface area (Å²) in [6.07, 6.45) is 1.54. The molecule has 0 spiro atoms. The van der Waals surface area contributed by atoms with Crippen LogP contribution in [0.4, 0.5) is 10.5 Å². The summed E-state index contributed by atoms with van der Waals surface area (Å²) in [4.78, 5) is 51.4. The molecular weight excluding hydrogens is 619 g/mol. The molecule has 8 nitrogen and oxygen atoms in total. The highest BCUT2D eigenvalue weighted by molar-refractivity contribution is 14.1. The van der Waals surface area contributed by atoms with Crippen molar-refractivity contribution in [2.75, 3.05) is 18.5 Å². The van der Waals surface area contributed by atoms with E-state index < -0.39 is 29.6 Å². The predicted molar refractivity (Wildman–Crippen MR) is 154 cm³/mol. The van der Waals surface area contributed by atoms with E-state index in [1.54, 1.807) is 49.4 Å². The number of anilines is 1. The summed E-state index contributed by atoms with van der Waals surface area (Å²) in [5.74, 6) is -1.02. The van der Waals surface area contributed by atoms with Crippen LogP contribution in [0.25, 0.3) is 6.08 Å². The number of hydrogen-bond donors (Lipinski definition) is 1. The van der Waals surface area contributed by atoms with Crippen LogP contribution in [0.2, 0.25) is 0 Å². The van der Waals surface area contributed by atoms with Crippen LogP contribution in [0.5, 0.6) is 11.5 Å². The summed E-state index contributed by atoms with van der Waals surface area (Å²) >= 11 is 2.90. The monoisotopic (exact) mass is 642 g/mol. The van der Waals surface area contributed by atoms with E-state index in [0.29, 0.717) is 29.2 Å². The quantitative estimate of drug-likeness (QED) is 0.142. The molecule has 1 N–H and O–H groups in total. The number of nitrogens with one attached hydrogen (secondary N) is 1. The summed E-state index contributed by atoms with van der Waals surface area (Å²) in [6, 6.07) is 19.0. The number of ether oxygens (including phenoxy) is 2. The maximum atomic E-state index is 12.9. The van der Waals surface area contributed by atoms with Crippen molar-refractivity contribution in [3.05, 3.63) is 91.9 Å².